The van der Waals surface area contributed by atoms with Crippen molar-refractivity contribution in [2.75, 3.05) is 6.54 Å². The van der Waals surface area contributed by atoms with Crippen molar-refractivity contribution < 1.29 is 34.2 Å². The van der Waals surface area contributed by atoms with Crippen LogP contribution < -0.4 is 38.9 Å². The molecule has 0 saturated carbocycles. The van der Waals surface area contributed by atoms with Gasteiger partial charge >= 0.3 is 5.97 Å². The van der Waals surface area contributed by atoms with Gasteiger partial charge in [0.05, 0.1) is 12.1 Å². The Balaban J connectivity index is 2.99. The summed E-state index contributed by atoms with van der Waals surface area (Å²) in [5, 5.41) is 26.6. The van der Waals surface area contributed by atoms with Crippen molar-refractivity contribution >= 4 is 35.6 Å². The Morgan fingerprint density at radius 1 is 0.897 bits per heavy atom. The summed E-state index contributed by atoms with van der Waals surface area (Å²) in [5.74, 6) is -4.82. The molecule has 0 aliphatic heterocycles. The maximum Gasteiger partial charge on any atom is 0.326 e. The van der Waals surface area contributed by atoms with Gasteiger partial charge in [-0.2, -0.15) is 0 Å². The van der Waals surface area contributed by atoms with Crippen molar-refractivity contribution in [3.05, 3.63) is 35.9 Å². The number of hydrogen-bond acceptors (Lipinski definition) is 8. The van der Waals surface area contributed by atoms with E-state index < -0.39 is 59.9 Å². The minimum atomic E-state index is -1.58. The summed E-state index contributed by atoms with van der Waals surface area (Å²) in [4.78, 5) is 65.0. The Bertz CT molecular complexity index is 1010. The molecule has 15 nitrogen and oxygen atoms in total. The fourth-order valence-corrected chi connectivity index (χ4v) is 3.48. The summed E-state index contributed by atoms with van der Waals surface area (Å²) in [6, 6.07) is 3.76. The lowest BCUT2D eigenvalue weighted by atomic mass is 10.0. The topological polar surface area (TPSA) is 278 Å². The first-order chi connectivity index (χ1) is 18.3. The van der Waals surface area contributed by atoms with Gasteiger partial charge in [-0.3, -0.25) is 24.2 Å². The molecule has 0 radical (unpaired) electrons. The van der Waals surface area contributed by atoms with E-state index >= 15 is 0 Å². The quantitative estimate of drug-likeness (QED) is 0.0531. The number of aliphatic carboxylic acids is 1. The zero-order valence-electron chi connectivity index (χ0n) is 21.7. The fourth-order valence-electron chi connectivity index (χ4n) is 3.48. The molecule has 0 aliphatic carbocycles. The van der Waals surface area contributed by atoms with E-state index in [-0.39, 0.29) is 44.6 Å². The third-order valence-corrected chi connectivity index (χ3v) is 5.57. The highest BCUT2D eigenvalue weighted by Gasteiger charge is 2.32. The first kappa shape index (κ1) is 32.8. The Hall–Kier alpha value is -4.24. The average Bonchev–Trinajstić information content (AvgIpc) is 2.86. The van der Waals surface area contributed by atoms with Gasteiger partial charge in [-0.05, 0) is 38.2 Å². The zero-order valence-corrected chi connectivity index (χ0v) is 21.7. The van der Waals surface area contributed by atoms with E-state index in [1.54, 1.807) is 24.3 Å². The van der Waals surface area contributed by atoms with Gasteiger partial charge in [0.25, 0.3) is 0 Å². The number of carboxylic acid groups (broad SMARTS) is 1. The number of rotatable bonds is 17. The third kappa shape index (κ3) is 12.7. The molecular formula is C24H38N8O7. The number of nitrogens with zero attached hydrogens (tertiary/aromatic N) is 1. The van der Waals surface area contributed by atoms with E-state index in [0.717, 1.165) is 5.56 Å². The first-order valence-corrected chi connectivity index (χ1v) is 12.3. The van der Waals surface area contributed by atoms with Crippen LogP contribution in [0.15, 0.2) is 35.3 Å². The SMILES string of the molecule is CC(O)C(NC(=O)C(CCCN=C(N)N)NC(=O)C(N)Cc1ccccc1)C(=O)NC(CCC(N)=O)C(=O)O. The van der Waals surface area contributed by atoms with E-state index in [0.29, 0.717) is 0 Å². The monoisotopic (exact) mass is 550 g/mol. The van der Waals surface area contributed by atoms with Gasteiger partial charge in [0.2, 0.25) is 23.6 Å². The molecule has 0 fully saturated rings. The van der Waals surface area contributed by atoms with Gasteiger partial charge in [-0.25, -0.2) is 4.79 Å². The second-order valence-electron chi connectivity index (χ2n) is 8.94. The number of guanidine groups is 1. The highest BCUT2D eigenvalue weighted by atomic mass is 16.4. The van der Waals surface area contributed by atoms with E-state index in [4.69, 9.17) is 22.9 Å². The van der Waals surface area contributed by atoms with Gasteiger partial charge in [-0.1, -0.05) is 30.3 Å². The Morgan fingerprint density at radius 3 is 2.05 bits per heavy atom. The number of hydrogen-bond donors (Lipinski definition) is 9. The molecule has 0 bridgehead atoms. The van der Waals surface area contributed by atoms with E-state index in [1.165, 1.54) is 6.92 Å². The van der Waals surface area contributed by atoms with Crippen LogP contribution in [0.2, 0.25) is 0 Å². The number of aliphatic hydroxyl groups excluding tert-OH is 1. The molecule has 1 aromatic rings. The van der Waals surface area contributed by atoms with Crippen LogP contribution in [0.4, 0.5) is 0 Å². The average molecular weight is 551 g/mol. The van der Waals surface area contributed by atoms with Crippen LogP contribution in [0.3, 0.4) is 0 Å². The standard InChI is InChI=1S/C24H38N8O7/c1-13(33)19(22(37)31-17(23(38)39)9-10-18(26)34)32-21(36)16(8-5-11-29-24(27)28)30-20(35)15(25)12-14-6-3-2-4-7-14/h2-4,6-7,13,15-17,19,33H,5,8-12,25H2,1H3,(H2,26,34)(H,30,35)(H,31,37)(H,32,36)(H,38,39)(H4,27,28,29). The van der Waals surface area contributed by atoms with Crippen molar-refractivity contribution in [2.45, 2.75) is 69.3 Å². The molecule has 0 saturated heterocycles. The van der Waals surface area contributed by atoms with Gasteiger partial charge in [0, 0.05) is 13.0 Å². The maximum absolute atomic E-state index is 13.1. The van der Waals surface area contributed by atoms with Crippen molar-refractivity contribution in [1.82, 2.24) is 16.0 Å². The minimum absolute atomic E-state index is 0.0525. The summed E-state index contributed by atoms with van der Waals surface area (Å²) in [6.07, 6.45) is -1.52. The summed E-state index contributed by atoms with van der Waals surface area (Å²) in [7, 11) is 0. The first-order valence-electron chi connectivity index (χ1n) is 12.3. The summed E-state index contributed by atoms with van der Waals surface area (Å²) >= 11 is 0. The van der Waals surface area contributed by atoms with Crippen LogP contribution >= 0.6 is 0 Å². The second kappa shape index (κ2) is 16.6. The maximum atomic E-state index is 13.1. The lowest BCUT2D eigenvalue weighted by molar-refractivity contribution is -0.143. The molecule has 0 aliphatic rings. The minimum Gasteiger partial charge on any atom is -0.480 e. The molecule has 0 spiro atoms. The van der Waals surface area contributed by atoms with Gasteiger partial charge in [0.1, 0.15) is 18.1 Å². The molecule has 4 amide bonds. The molecule has 1 rings (SSSR count). The lowest BCUT2D eigenvalue weighted by Gasteiger charge is -2.26. The van der Waals surface area contributed by atoms with Crippen LogP contribution in [0.25, 0.3) is 0 Å². The number of nitrogens with one attached hydrogen (secondary N) is 3. The molecule has 1 aromatic carbocycles. The van der Waals surface area contributed by atoms with Crippen molar-refractivity contribution in [3.8, 4) is 0 Å². The van der Waals surface area contributed by atoms with E-state index in [2.05, 4.69) is 20.9 Å². The number of carboxylic acids is 1. The second-order valence-corrected chi connectivity index (χ2v) is 8.94. The van der Waals surface area contributed by atoms with Crippen LogP contribution in [0.5, 0.6) is 0 Å². The van der Waals surface area contributed by atoms with Crippen LogP contribution in [-0.4, -0.2) is 82.6 Å². The Labute approximate surface area is 225 Å². The normalized spacial score (nSPS) is 14.5. The number of nitrogens with two attached hydrogens (primary N) is 4. The predicted molar refractivity (Wildman–Crippen MR) is 142 cm³/mol. The number of carbonyl (C=O) groups is 5. The number of amides is 4. The smallest absolute Gasteiger partial charge is 0.326 e. The Morgan fingerprint density at radius 2 is 1.51 bits per heavy atom. The molecular weight excluding hydrogens is 512 g/mol. The zero-order chi connectivity index (χ0) is 29.5. The molecule has 13 N–H and O–H groups in total. The van der Waals surface area contributed by atoms with Crippen LogP contribution in [0.1, 0.15) is 38.2 Å². The van der Waals surface area contributed by atoms with Crippen molar-refractivity contribution in [3.63, 3.8) is 0 Å². The third-order valence-electron chi connectivity index (χ3n) is 5.57. The number of aliphatic hydroxyl groups is 1. The molecule has 15 heteroatoms. The van der Waals surface area contributed by atoms with Crippen molar-refractivity contribution in [1.29, 1.82) is 0 Å². The Kier molecular flexibility index (Phi) is 13.9. The number of benzene rings is 1. The van der Waals surface area contributed by atoms with E-state index in [1.807, 2.05) is 6.07 Å². The summed E-state index contributed by atoms with van der Waals surface area (Å²) in [5.41, 5.74) is 22.5. The molecule has 5 unspecified atom stereocenters. The van der Waals surface area contributed by atoms with Gasteiger partial charge in [-0.15, -0.1) is 0 Å². The molecule has 39 heavy (non-hydrogen) atoms. The van der Waals surface area contributed by atoms with E-state index in [9.17, 15) is 34.2 Å². The largest absolute Gasteiger partial charge is 0.480 e. The lowest BCUT2D eigenvalue weighted by Crippen LogP contribution is -2.60. The number of primary amides is 1. The fraction of sp³-hybridized carbons (Fsp3) is 0.500. The van der Waals surface area contributed by atoms with Crippen LogP contribution in [-0.2, 0) is 30.4 Å². The molecule has 0 aromatic heterocycles. The van der Waals surface area contributed by atoms with Gasteiger partial charge in [0.15, 0.2) is 5.96 Å². The van der Waals surface area contributed by atoms with Gasteiger partial charge < -0.3 is 49.1 Å². The summed E-state index contributed by atoms with van der Waals surface area (Å²) in [6.45, 7) is 1.37. The molecule has 216 valence electrons. The number of aliphatic imine (C=N–C) groups is 1. The van der Waals surface area contributed by atoms with Crippen LogP contribution in [0, 0.1) is 0 Å². The number of carbonyl (C=O) groups excluding carboxylic acids is 4. The highest BCUT2D eigenvalue weighted by molar-refractivity contribution is 5.94. The highest BCUT2D eigenvalue weighted by Crippen LogP contribution is 2.06. The molecule has 5 atom stereocenters. The molecule has 0 heterocycles. The van der Waals surface area contributed by atoms with Crippen molar-refractivity contribution in [2.24, 2.45) is 27.9 Å². The predicted octanol–water partition coefficient (Wildman–Crippen LogP) is -3.20. The summed E-state index contributed by atoms with van der Waals surface area (Å²) < 4.78 is 0.